The molecule has 1 aliphatic heterocycles. The third kappa shape index (κ3) is 3.51. The van der Waals surface area contributed by atoms with Crippen LogP contribution in [0.2, 0.25) is 0 Å². The summed E-state index contributed by atoms with van der Waals surface area (Å²) in [5.41, 5.74) is 2.86. The van der Waals surface area contributed by atoms with Crippen LogP contribution in [0, 0.1) is 0 Å². The van der Waals surface area contributed by atoms with Crippen LogP contribution in [-0.2, 0) is 24.9 Å². The van der Waals surface area contributed by atoms with Crippen LogP contribution in [-0.4, -0.2) is 28.5 Å². The summed E-state index contributed by atoms with van der Waals surface area (Å²) in [6, 6.07) is 8.13. The maximum atomic E-state index is 12.3. The van der Waals surface area contributed by atoms with Gasteiger partial charge in [-0.1, -0.05) is 32.9 Å². The molecule has 0 saturated carbocycles. The van der Waals surface area contributed by atoms with Gasteiger partial charge in [0.25, 0.3) is 5.56 Å². The van der Waals surface area contributed by atoms with Crippen LogP contribution in [0.15, 0.2) is 29.1 Å². The SMILES string of the molecule is COc1ccc(CN2CCc3c(nc(C(C)(C)C)[nH]c3=O)C2)cc1. The van der Waals surface area contributed by atoms with Crippen LogP contribution >= 0.6 is 0 Å². The maximum absolute atomic E-state index is 12.3. The molecule has 5 heteroatoms. The number of H-pyrrole nitrogens is 1. The Morgan fingerprint density at radius 1 is 1.25 bits per heavy atom. The summed E-state index contributed by atoms with van der Waals surface area (Å²) in [7, 11) is 1.67. The molecule has 0 bridgehead atoms. The number of methoxy groups -OCH3 is 1. The highest BCUT2D eigenvalue weighted by atomic mass is 16.5. The fraction of sp³-hybridized carbons (Fsp3) is 0.474. The summed E-state index contributed by atoms with van der Waals surface area (Å²) in [5, 5.41) is 0. The zero-order valence-corrected chi connectivity index (χ0v) is 14.8. The van der Waals surface area contributed by atoms with Crippen molar-refractivity contribution in [2.75, 3.05) is 13.7 Å². The Bertz CT molecular complexity index is 773. The lowest BCUT2D eigenvalue weighted by atomic mass is 9.95. The van der Waals surface area contributed by atoms with Crippen molar-refractivity contribution >= 4 is 0 Å². The summed E-state index contributed by atoms with van der Waals surface area (Å²) in [4.78, 5) is 22.4. The molecule has 0 unspecified atom stereocenters. The number of fused-ring (bicyclic) bond motifs is 1. The number of benzene rings is 1. The van der Waals surface area contributed by atoms with Crippen molar-refractivity contribution in [3.8, 4) is 5.75 Å². The van der Waals surface area contributed by atoms with Gasteiger partial charge in [-0.05, 0) is 24.1 Å². The highest BCUT2D eigenvalue weighted by Crippen LogP contribution is 2.22. The molecule has 0 saturated heterocycles. The van der Waals surface area contributed by atoms with Crippen molar-refractivity contribution < 1.29 is 4.74 Å². The second-order valence-electron chi connectivity index (χ2n) is 7.40. The lowest BCUT2D eigenvalue weighted by Crippen LogP contribution is -2.36. The topological polar surface area (TPSA) is 58.2 Å². The van der Waals surface area contributed by atoms with Crippen LogP contribution in [0.3, 0.4) is 0 Å². The second-order valence-corrected chi connectivity index (χ2v) is 7.40. The van der Waals surface area contributed by atoms with E-state index in [9.17, 15) is 4.79 Å². The normalized spacial score (nSPS) is 15.2. The lowest BCUT2D eigenvalue weighted by Gasteiger charge is -2.29. The standard InChI is InChI=1S/C19H25N3O2/c1-19(2,3)18-20-16-12-22(10-9-15(16)17(23)21-18)11-13-5-7-14(24-4)8-6-13/h5-8H,9-12H2,1-4H3,(H,20,21,23). The van der Waals surface area contributed by atoms with Gasteiger partial charge < -0.3 is 9.72 Å². The van der Waals surface area contributed by atoms with Crippen LogP contribution in [0.25, 0.3) is 0 Å². The summed E-state index contributed by atoms with van der Waals surface area (Å²) < 4.78 is 5.20. The first-order chi connectivity index (χ1) is 11.4. The molecule has 1 N–H and O–H groups in total. The summed E-state index contributed by atoms with van der Waals surface area (Å²) in [6.45, 7) is 8.64. The third-order valence-corrected chi connectivity index (χ3v) is 4.43. The quantitative estimate of drug-likeness (QED) is 0.941. The number of aromatic nitrogens is 2. The molecule has 1 aliphatic rings. The summed E-state index contributed by atoms with van der Waals surface area (Å²) >= 11 is 0. The smallest absolute Gasteiger partial charge is 0.254 e. The Labute approximate surface area is 142 Å². The van der Waals surface area contributed by atoms with Crippen molar-refractivity contribution in [1.82, 2.24) is 14.9 Å². The van der Waals surface area contributed by atoms with Crippen molar-refractivity contribution in [3.63, 3.8) is 0 Å². The van der Waals surface area contributed by atoms with Crippen molar-refractivity contribution in [3.05, 3.63) is 57.3 Å². The molecule has 1 aromatic carbocycles. The first-order valence-corrected chi connectivity index (χ1v) is 8.34. The minimum Gasteiger partial charge on any atom is -0.497 e. The van der Waals surface area contributed by atoms with Crippen LogP contribution in [0.4, 0.5) is 0 Å². The van der Waals surface area contributed by atoms with E-state index in [4.69, 9.17) is 9.72 Å². The van der Waals surface area contributed by atoms with Crippen LogP contribution < -0.4 is 10.3 Å². The van der Waals surface area contributed by atoms with Gasteiger partial charge in [0.2, 0.25) is 0 Å². The number of aromatic amines is 1. The van der Waals surface area contributed by atoms with E-state index in [-0.39, 0.29) is 11.0 Å². The van der Waals surface area contributed by atoms with E-state index in [2.05, 4.69) is 42.8 Å². The molecule has 2 heterocycles. The summed E-state index contributed by atoms with van der Waals surface area (Å²) in [6.07, 6.45) is 0.748. The van der Waals surface area contributed by atoms with E-state index in [1.807, 2.05) is 12.1 Å². The Morgan fingerprint density at radius 3 is 2.58 bits per heavy atom. The van der Waals surface area contributed by atoms with Gasteiger partial charge in [0, 0.05) is 30.6 Å². The molecular weight excluding hydrogens is 302 g/mol. The zero-order valence-electron chi connectivity index (χ0n) is 14.8. The Balaban J connectivity index is 1.80. The van der Waals surface area contributed by atoms with Crippen molar-refractivity contribution in [2.24, 2.45) is 0 Å². The van der Waals surface area contributed by atoms with Crippen molar-refractivity contribution in [1.29, 1.82) is 0 Å². The van der Waals surface area contributed by atoms with Gasteiger partial charge >= 0.3 is 0 Å². The molecular formula is C19H25N3O2. The average Bonchev–Trinajstić information content (AvgIpc) is 2.54. The zero-order chi connectivity index (χ0) is 17.3. The maximum Gasteiger partial charge on any atom is 0.254 e. The average molecular weight is 327 g/mol. The molecule has 128 valence electrons. The van der Waals surface area contributed by atoms with Gasteiger partial charge in [-0.15, -0.1) is 0 Å². The first-order valence-electron chi connectivity index (χ1n) is 8.34. The lowest BCUT2D eigenvalue weighted by molar-refractivity contribution is 0.239. The minimum absolute atomic E-state index is 0.0222. The Morgan fingerprint density at radius 2 is 1.96 bits per heavy atom. The number of ether oxygens (including phenoxy) is 1. The van der Waals surface area contributed by atoms with Gasteiger partial charge in [0.15, 0.2) is 0 Å². The van der Waals surface area contributed by atoms with Crippen LogP contribution in [0.5, 0.6) is 5.75 Å². The molecule has 0 aliphatic carbocycles. The fourth-order valence-corrected chi connectivity index (χ4v) is 2.97. The van der Waals surface area contributed by atoms with E-state index in [1.54, 1.807) is 7.11 Å². The van der Waals surface area contributed by atoms with E-state index in [1.165, 1.54) is 5.56 Å². The monoisotopic (exact) mass is 327 g/mol. The molecule has 0 radical (unpaired) electrons. The summed E-state index contributed by atoms with van der Waals surface area (Å²) in [5.74, 6) is 1.63. The van der Waals surface area contributed by atoms with Gasteiger partial charge in [0.05, 0.1) is 12.8 Å². The van der Waals surface area contributed by atoms with Crippen molar-refractivity contribution in [2.45, 2.75) is 45.7 Å². The molecule has 0 fully saturated rings. The van der Waals surface area contributed by atoms with E-state index < -0.39 is 0 Å². The van der Waals surface area contributed by atoms with Crippen LogP contribution in [0.1, 0.15) is 43.4 Å². The van der Waals surface area contributed by atoms with E-state index in [0.29, 0.717) is 6.54 Å². The fourth-order valence-electron chi connectivity index (χ4n) is 2.97. The Kier molecular flexibility index (Phi) is 4.45. The predicted octanol–water partition coefficient (Wildman–Crippen LogP) is 2.63. The van der Waals surface area contributed by atoms with Gasteiger partial charge in [-0.3, -0.25) is 9.69 Å². The third-order valence-electron chi connectivity index (χ3n) is 4.43. The number of nitrogens with one attached hydrogen (secondary N) is 1. The van der Waals surface area contributed by atoms with Gasteiger partial charge in [-0.25, -0.2) is 4.98 Å². The number of hydrogen-bond donors (Lipinski definition) is 1. The van der Waals surface area contributed by atoms with Gasteiger partial charge in [-0.2, -0.15) is 0 Å². The molecule has 24 heavy (non-hydrogen) atoms. The largest absolute Gasteiger partial charge is 0.497 e. The molecule has 0 atom stereocenters. The van der Waals surface area contributed by atoms with E-state index >= 15 is 0 Å². The molecule has 2 aromatic rings. The molecule has 0 amide bonds. The number of rotatable bonds is 3. The number of nitrogens with zero attached hydrogens (tertiary/aromatic N) is 2. The highest BCUT2D eigenvalue weighted by molar-refractivity contribution is 5.28. The predicted molar refractivity (Wildman–Crippen MR) is 94.4 cm³/mol. The second kappa shape index (κ2) is 6.40. The number of hydrogen-bond acceptors (Lipinski definition) is 4. The molecule has 0 spiro atoms. The first kappa shape index (κ1) is 16.7. The van der Waals surface area contributed by atoms with E-state index in [0.717, 1.165) is 42.3 Å². The minimum atomic E-state index is -0.160. The molecule has 5 nitrogen and oxygen atoms in total. The molecule has 1 aromatic heterocycles. The highest BCUT2D eigenvalue weighted by Gasteiger charge is 2.24. The Hall–Kier alpha value is -2.14. The van der Waals surface area contributed by atoms with Gasteiger partial charge in [0.1, 0.15) is 11.6 Å². The molecule has 3 rings (SSSR count).